The van der Waals surface area contributed by atoms with E-state index in [1.807, 2.05) is 23.0 Å². The van der Waals surface area contributed by atoms with Gasteiger partial charge in [0.1, 0.15) is 12.1 Å². The molecule has 0 saturated carbocycles. The van der Waals surface area contributed by atoms with Crippen molar-refractivity contribution in [1.82, 2.24) is 25.2 Å². The lowest BCUT2D eigenvalue weighted by molar-refractivity contribution is 0.648. The number of aromatic nitrogens is 3. The summed E-state index contributed by atoms with van der Waals surface area (Å²) in [7, 11) is 1.81. The third-order valence-corrected chi connectivity index (χ3v) is 4.91. The second kappa shape index (κ2) is 10.2. The summed E-state index contributed by atoms with van der Waals surface area (Å²) in [5.74, 6) is 1.68. The molecule has 1 unspecified atom stereocenters. The maximum Gasteiger partial charge on any atom is 0.191 e. The fourth-order valence-corrected chi connectivity index (χ4v) is 3.39. The lowest BCUT2D eigenvalue weighted by Gasteiger charge is -2.20. The molecule has 7 nitrogen and oxygen atoms in total. The molecule has 29 heavy (non-hydrogen) atoms. The fraction of sp³-hybridized carbons (Fsp3) is 0.286. The van der Waals surface area contributed by atoms with Gasteiger partial charge in [-0.2, -0.15) is 0 Å². The minimum Gasteiger partial charge on any atom is -0.369 e. The van der Waals surface area contributed by atoms with Crippen LogP contribution in [0.1, 0.15) is 12.0 Å². The Labute approximate surface area is 188 Å². The molecule has 0 aliphatic carbocycles. The zero-order chi connectivity index (χ0) is 19.2. The highest BCUT2D eigenvalue weighted by Crippen LogP contribution is 2.19. The Balaban J connectivity index is 0.00000240. The summed E-state index contributed by atoms with van der Waals surface area (Å²) in [6, 6.07) is 15.0. The van der Waals surface area contributed by atoms with Crippen LogP contribution in [0, 0.1) is 0 Å². The summed E-state index contributed by atoms with van der Waals surface area (Å²) >= 11 is 0. The highest BCUT2D eigenvalue weighted by atomic mass is 127. The zero-order valence-electron chi connectivity index (χ0n) is 16.4. The van der Waals surface area contributed by atoms with Crippen molar-refractivity contribution >= 4 is 35.6 Å². The highest BCUT2D eigenvalue weighted by Gasteiger charge is 2.23. The van der Waals surface area contributed by atoms with Gasteiger partial charge < -0.3 is 15.5 Å². The fourth-order valence-electron chi connectivity index (χ4n) is 3.39. The smallest absolute Gasteiger partial charge is 0.191 e. The van der Waals surface area contributed by atoms with E-state index in [2.05, 4.69) is 66.9 Å². The molecule has 2 N–H and O–H groups in total. The molecule has 1 aliphatic heterocycles. The molecule has 0 bridgehead atoms. The lowest BCUT2D eigenvalue weighted by atomic mass is 10.2. The Morgan fingerprint density at radius 2 is 2.07 bits per heavy atom. The van der Waals surface area contributed by atoms with Crippen molar-refractivity contribution in [3.05, 3.63) is 72.9 Å². The summed E-state index contributed by atoms with van der Waals surface area (Å²) in [6.45, 7) is 2.70. The van der Waals surface area contributed by atoms with E-state index < -0.39 is 0 Å². The molecule has 0 spiro atoms. The normalized spacial score (nSPS) is 16.4. The summed E-state index contributed by atoms with van der Waals surface area (Å²) in [5, 5.41) is 6.92. The molecule has 2 aromatic heterocycles. The van der Waals surface area contributed by atoms with Gasteiger partial charge in [0.15, 0.2) is 5.96 Å². The second-order valence-electron chi connectivity index (χ2n) is 6.83. The Bertz CT molecular complexity index is 895. The van der Waals surface area contributed by atoms with E-state index in [1.165, 1.54) is 5.69 Å². The van der Waals surface area contributed by atoms with Gasteiger partial charge in [-0.1, -0.05) is 24.3 Å². The van der Waals surface area contributed by atoms with Crippen molar-refractivity contribution < 1.29 is 0 Å². The van der Waals surface area contributed by atoms with Gasteiger partial charge in [0.2, 0.25) is 0 Å². The molecule has 1 aromatic carbocycles. The predicted molar refractivity (Wildman–Crippen MR) is 127 cm³/mol. The maximum absolute atomic E-state index is 4.49. The minimum atomic E-state index is 0. The van der Waals surface area contributed by atoms with Crippen molar-refractivity contribution in [1.29, 1.82) is 0 Å². The first-order chi connectivity index (χ1) is 13.8. The third kappa shape index (κ3) is 5.47. The Morgan fingerprint density at radius 1 is 1.21 bits per heavy atom. The molecule has 3 aromatic rings. The van der Waals surface area contributed by atoms with E-state index in [0.29, 0.717) is 12.6 Å². The van der Waals surface area contributed by atoms with Gasteiger partial charge in [0, 0.05) is 57.0 Å². The van der Waals surface area contributed by atoms with Crippen LogP contribution in [0.2, 0.25) is 0 Å². The van der Waals surface area contributed by atoms with Gasteiger partial charge in [-0.15, -0.1) is 24.0 Å². The predicted octanol–water partition coefficient (Wildman–Crippen LogP) is 2.83. The average molecular weight is 503 g/mol. The van der Waals surface area contributed by atoms with Crippen LogP contribution < -0.4 is 15.5 Å². The van der Waals surface area contributed by atoms with E-state index in [4.69, 9.17) is 0 Å². The van der Waals surface area contributed by atoms with Crippen LogP contribution in [0.4, 0.5) is 5.69 Å². The number of anilines is 1. The van der Waals surface area contributed by atoms with Crippen molar-refractivity contribution in [2.75, 3.05) is 25.0 Å². The van der Waals surface area contributed by atoms with E-state index in [1.54, 1.807) is 19.6 Å². The Morgan fingerprint density at radius 3 is 2.76 bits per heavy atom. The molecule has 1 fully saturated rings. The zero-order valence-corrected chi connectivity index (χ0v) is 18.7. The number of guanidine groups is 1. The average Bonchev–Trinajstić information content (AvgIpc) is 3.44. The molecule has 1 saturated heterocycles. The number of aliphatic imine (C=N–C) groups is 1. The summed E-state index contributed by atoms with van der Waals surface area (Å²) < 4.78 is 1.89. The molecular weight excluding hydrogens is 477 g/mol. The van der Waals surface area contributed by atoms with Crippen molar-refractivity contribution in [2.45, 2.75) is 19.0 Å². The quantitative estimate of drug-likeness (QED) is 0.319. The molecule has 1 atom stereocenters. The first-order valence-electron chi connectivity index (χ1n) is 9.52. The van der Waals surface area contributed by atoms with Crippen molar-refractivity contribution in [2.24, 2.45) is 4.99 Å². The molecule has 0 radical (unpaired) electrons. The number of halogens is 1. The molecular formula is C21H26IN7. The van der Waals surface area contributed by atoms with E-state index in [-0.39, 0.29) is 24.0 Å². The number of hydrogen-bond donors (Lipinski definition) is 2. The van der Waals surface area contributed by atoms with Crippen LogP contribution in [0.15, 0.2) is 72.4 Å². The van der Waals surface area contributed by atoms with Crippen LogP contribution in [0.25, 0.3) is 5.82 Å². The topological polar surface area (TPSA) is 70.4 Å². The van der Waals surface area contributed by atoms with Crippen molar-refractivity contribution in [3.63, 3.8) is 0 Å². The maximum atomic E-state index is 4.49. The van der Waals surface area contributed by atoms with Gasteiger partial charge in [-0.3, -0.25) is 9.56 Å². The van der Waals surface area contributed by atoms with Crippen LogP contribution in [0.3, 0.4) is 0 Å². The number of nitrogens with zero attached hydrogens (tertiary/aromatic N) is 5. The Hall–Kier alpha value is -2.62. The van der Waals surface area contributed by atoms with Gasteiger partial charge >= 0.3 is 0 Å². The molecule has 152 valence electrons. The van der Waals surface area contributed by atoms with E-state index in [9.17, 15) is 0 Å². The number of rotatable bonds is 5. The molecule has 3 heterocycles. The number of benzene rings is 1. The largest absolute Gasteiger partial charge is 0.369 e. The van der Waals surface area contributed by atoms with Crippen molar-refractivity contribution in [3.8, 4) is 5.82 Å². The molecule has 8 heteroatoms. The van der Waals surface area contributed by atoms with E-state index >= 15 is 0 Å². The minimum absolute atomic E-state index is 0. The van der Waals surface area contributed by atoms with Crippen LogP contribution in [0.5, 0.6) is 0 Å². The standard InChI is InChI=1S/C21H25N7.HI/c1-22-21(26-18-9-11-27(15-18)19-5-3-2-4-6-19)25-14-17-7-8-20(24-13-17)28-12-10-23-16-28;/h2-8,10,12-13,16,18H,9,11,14-15H2,1H3,(H2,22,25,26);1H. The van der Waals surface area contributed by atoms with Crippen LogP contribution in [-0.4, -0.2) is 46.7 Å². The summed E-state index contributed by atoms with van der Waals surface area (Å²) in [5.41, 5.74) is 2.38. The number of nitrogens with one attached hydrogen (secondary N) is 2. The van der Waals surface area contributed by atoms with Crippen LogP contribution in [-0.2, 0) is 6.54 Å². The number of pyridine rings is 1. The lowest BCUT2D eigenvalue weighted by Crippen LogP contribution is -2.44. The third-order valence-electron chi connectivity index (χ3n) is 4.91. The number of para-hydroxylation sites is 1. The molecule has 4 rings (SSSR count). The van der Waals surface area contributed by atoms with Gasteiger partial charge in [0.05, 0.1) is 0 Å². The van der Waals surface area contributed by atoms with Gasteiger partial charge in [0.25, 0.3) is 0 Å². The monoisotopic (exact) mass is 503 g/mol. The SMILES string of the molecule is CN=C(NCc1ccc(-n2ccnc2)nc1)NC1CCN(c2ccccc2)C1.I. The molecule has 0 amide bonds. The first-order valence-corrected chi connectivity index (χ1v) is 9.52. The van der Waals surface area contributed by atoms with Gasteiger partial charge in [-0.25, -0.2) is 9.97 Å². The number of imidazole rings is 1. The Kier molecular flexibility index (Phi) is 7.45. The molecule has 1 aliphatic rings. The van der Waals surface area contributed by atoms with E-state index in [0.717, 1.165) is 36.9 Å². The summed E-state index contributed by atoms with van der Waals surface area (Å²) in [4.78, 5) is 15.3. The summed E-state index contributed by atoms with van der Waals surface area (Å²) in [6.07, 6.45) is 8.34. The highest BCUT2D eigenvalue weighted by molar-refractivity contribution is 14.0. The number of hydrogen-bond acceptors (Lipinski definition) is 4. The first kappa shape index (κ1) is 21.1. The van der Waals surface area contributed by atoms with Gasteiger partial charge in [-0.05, 0) is 30.2 Å². The second-order valence-corrected chi connectivity index (χ2v) is 6.83. The van der Waals surface area contributed by atoms with Crippen LogP contribution >= 0.6 is 24.0 Å².